The van der Waals surface area contributed by atoms with Crippen LogP contribution in [-0.2, 0) is 11.4 Å². The zero-order valence-corrected chi connectivity index (χ0v) is 10.7. The Labute approximate surface area is 117 Å². The summed E-state index contributed by atoms with van der Waals surface area (Å²) in [7, 11) is 0. The highest BCUT2D eigenvalue weighted by Gasteiger charge is 1.99. The van der Waals surface area contributed by atoms with E-state index in [2.05, 4.69) is 11.2 Å². The van der Waals surface area contributed by atoms with Crippen LogP contribution in [0.2, 0.25) is 0 Å². The summed E-state index contributed by atoms with van der Waals surface area (Å²) in [5, 5.41) is 21.5. The molecule has 0 aromatic heterocycles. The molecular formula is C16H11N3O. The lowest BCUT2D eigenvalue weighted by molar-refractivity contribution is 0.132. The van der Waals surface area contributed by atoms with Crippen LogP contribution in [0.15, 0.2) is 53.7 Å². The molecule has 20 heavy (non-hydrogen) atoms. The van der Waals surface area contributed by atoms with Gasteiger partial charge in [0.25, 0.3) is 0 Å². The minimum absolute atomic E-state index is 0.247. The van der Waals surface area contributed by atoms with Crippen LogP contribution in [0.4, 0.5) is 0 Å². The van der Waals surface area contributed by atoms with E-state index in [9.17, 15) is 0 Å². The van der Waals surface area contributed by atoms with Crippen molar-refractivity contribution in [1.29, 1.82) is 10.5 Å². The van der Waals surface area contributed by atoms with Crippen molar-refractivity contribution >= 4 is 6.21 Å². The second-order valence-electron chi connectivity index (χ2n) is 4.01. The molecule has 2 aromatic rings. The van der Waals surface area contributed by atoms with E-state index in [0.717, 1.165) is 11.1 Å². The van der Waals surface area contributed by atoms with Crippen LogP contribution in [0.5, 0.6) is 0 Å². The van der Waals surface area contributed by atoms with E-state index in [-0.39, 0.29) is 6.61 Å². The Kier molecular flexibility index (Phi) is 4.48. The van der Waals surface area contributed by atoms with Gasteiger partial charge in [-0.25, -0.2) is 0 Å². The first-order valence-electron chi connectivity index (χ1n) is 5.97. The Morgan fingerprint density at radius 2 is 1.75 bits per heavy atom. The van der Waals surface area contributed by atoms with Gasteiger partial charge in [0.2, 0.25) is 0 Å². The minimum atomic E-state index is 0.247. The molecule has 0 atom stereocenters. The van der Waals surface area contributed by atoms with E-state index in [0.29, 0.717) is 11.1 Å². The molecule has 96 valence electrons. The highest BCUT2D eigenvalue weighted by Crippen LogP contribution is 2.08. The SMILES string of the molecule is N#Cc1ccc(/C=N\OCc2ccccc2C#N)cc1. The van der Waals surface area contributed by atoms with Crippen molar-refractivity contribution in [2.45, 2.75) is 6.61 Å². The van der Waals surface area contributed by atoms with Crippen LogP contribution < -0.4 is 0 Å². The van der Waals surface area contributed by atoms with Crippen molar-refractivity contribution in [2.24, 2.45) is 5.16 Å². The Bertz CT molecular complexity index is 691. The van der Waals surface area contributed by atoms with Gasteiger partial charge in [-0.2, -0.15) is 10.5 Å². The van der Waals surface area contributed by atoms with E-state index in [1.807, 2.05) is 24.3 Å². The fourth-order valence-electron chi connectivity index (χ4n) is 1.60. The van der Waals surface area contributed by atoms with Crippen molar-refractivity contribution in [1.82, 2.24) is 0 Å². The lowest BCUT2D eigenvalue weighted by atomic mass is 10.1. The quantitative estimate of drug-likeness (QED) is 0.627. The number of nitrogens with zero attached hydrogens (tertiary/aromatic N) is 3. The van der Waals surface area contributed by atoms with Crippen molar-refractivity contribution < 1.29 is 4.84 Å². The van der Waals surface area contributed by atoms with Gasteiger partial charge in [-0.15, -0.1) is 0 Å². The summed E-state index contributed by atoms with van der Waals surface area (Å²) >= 11 is 0. The maximum Gasteiger partial charge on any atom is 0.143 e. The van der Waals surface area contributed by atoms with Gasteiger partial charge in [0.1, 0.15) is 6.61 Å². The maximum absolute atomic E-state index is 8.93. The average Bonchev–Trinajstić information content (AvgIpc) is 2.52. The summed E-state index contributed by atoms with van der Waals surface area (Å²) in [6, 6.07) is 18.4. The van der Waals surface area contributed by atoms with Gasteiger partial charge in [0.15, 0.2) is 0 Å². The molecule has 0 unspecified atom stereocenters. The third kappa shape index (κ3) is 3.44. The molecule has 2 aromatic carbocycles. The Balaban J connectivity index is 1.94. The third-order valence-electron chi connectivity index (χ3n) is 2.67. The highest BCUT2D eigenvalue weighted by atomic mass is 16.6. The second kappa shape index (κ2) is 6.72. The normalized spacial score (nSPS) is 9.90. The number of hydrogen-bond acceptors (Lipinski definition) is 4. The maximum atomic E-state index is 8.93. The van der Waals surface area contributed by atoms with E-state index < -0.39 is 0 Å². The van der Waals surface area contributed by atoms with Crippen LogP contribution in [0.25, 0.3) is 0 Å². The van der Waals surface area contributed by atoms with Crippen LogP contribution in [0.1, 0.15) is 22.3 Å². The molecule has 0 saturated heterocycles. The van der Waals surface area contributed by atoms with Gasteiger partial charge >= 0.3 is 0 Å². The first-order chi connectivity index (χ1) is 9.83. The second-order valence-corrected chi connectivity index (χ2v) is 4.01. The summed E-state index contributed by atoms with van der Waals surface area (Å²) in [5.41, 5.74) is 2.83. The van der Waals surface area contributed by atoms with E-state index >= 15 is 0 Å². The minimum Gasteiger partial charge on any atom is -0.391 e. The fourth-order valence-corrected chi connectivity index (χ4v) is 1.60. The number of hydrogen-bond donors (Lipinski definition) is 0. The Morgan fingerprint density at radius 1 is 1.00 bits per heavy atom. The summed E-state index contributed by atoms with van der Waals surface area (Å²) in [6.07, 6.45) is 1.57. The molecule has 0 saturated carbocycles. The van der Waals surface area contributed by atoms with Crippen molar-refractivity contribution in [2.75, 3.05) is 0 Å². The molecular weight excluding hydrogens is 250 g/mol. The lowest BCUT2D eigenvalue weighted by Crippen LogP contribution is -1.92. The molecule has 0 bridgehead atoms. The summed E-state index contributed by atoms with van der Waals surface area (Å²) < 4.78 is 0. The molecule has 0 radical (unpaired) electrons. The lowest BCUT2D eigenvalue weighted by Gasteiger charge is -2.01. The molecule has 0 aliphatic rings. The highest BCUT2D eigenvalue weighted by molar-refractivity contribution is 5.79. The zero-order chi connectivity index (χ0) is 14.2. The zero-order valence-electron chi connectivity index (χ0n) is 10.7. The topological polar surface area (TPSA) is 69.2 Å². The van der Waals surface area contributed by atoms with E-state index in [4.69, 9.17) is 15.4 Å². The Morgan fingerprint density at radius 3 is 2.45 bits per heavy atom. The van der Waals surface area contributed by atoms with Gasteiger partial charge in [-0.3, -0.25) is 0 Å². The summed E-state index contributed by atoms with van der Waals surface area (Å²) in [4.78, 5) is 5.18. The fraction of sp³-hybridized carbons (Fsp3) is 0.0625. The monoisotopic (exact) mass is 261 g/mol. The first-order valence-corrected chi connectivity index (χ1v) is 5.97. The molecule has 0 spiro atoms. The largest absolute Gasteiger partial charge is 0.391 e. The molecule has 4 heteroatoms. The average molecular weight is 261 g/mol. The van der Waals surface area contributed by atoms with Crippen LogP contribution >= 0.6 is 0 Å². The predicted octanol–water partition coefficient (Wildman–Crippen LogP) is 2.98. The smallest absolute Gasteiger partial charge is 0.143 e. The van der Waals surface area contributed by atoms with Gasteiger partial charge in [-0.1, -0.05) is 35.5 Å². The van der Waals surface area contributed by atoms with Crippen LogP contribution in [0.3, 0.4) is 0 Å². The molecule has 4 nitrogen and oxygen atoms in total. The van der Waals surface area contributed by atoms with Gasteiger partial charge in [-0.05, 0) is 23.8 Å². The van der Waals surface area contributed by atoms with Gasteiger partial charge in [0.05, 0.1) is 29.5 Å². The van der Waals surface area contributed by atoms with Crippen LogP contribution in [0, 0.1) is 22.7 Å². The van der Waals surface area contributed by atoms with Crippen molar-refractivity contribution in [3.8, 4) is 12.1 Å². The van der Waals surface area contributed by atoms with E-state index in [1.165, 1.54) is 0 Å². The molecule has 0 aliphatic carbocycles. The Hall–Kier alpha value is -3.11. The molecule has 0 amide bonds. The predicted molar refractivity (Wildman–Crippen MR) is 74.7 cm³/mol. The first kappa shape index (κ1) is 13.3. The number of oxime groups is 1. The van der Waals surface area contributed by atoms with Gasteiger partial charge < -0.3 is 4.84 Å². The molecule has 0 aliphatic heterocycles. The van der Waals surface area contributed by atoms with Gasteiger partial charge in [0, 0.05) is 5.56 Å². The standard InChI is InChI=1S/C16H11N3O/c17-9-13-5-7-14(8-6-13)11-19-20-12-16-4-2-1-3-15(16)10-18/h1-8,11H,12H2/b19-11-. The molecule has 0 fully saturated rings. The third-order valence-corrected chi connectivity index (χ3v) is 2.67. The number of rotatable bonds is 4. The van der Waals surface area contributed by atoms with Crippen molar-refractivity contribution in [3.63, 3.8) is 0 Å². The summed E-state index contributed by atoms with van der Waals surface area (Å²) in [6.45, 7) is 0.247. The molecule has 0 heterocycles. The summed E-state index contributed by atoms with van der Waals surface area (Å²) in [5.74, 6) is 0. The number of benzene rings is 2. The molecule has 0 N–H and O–H groups in total. The van der Waals surface area contributed by atoms with E-state index in [1.54, 1.807) is 36.5 Å². The molecule has 2 rings (SSSR count). The van der Waals surface area contributed by atoms with Crippen LogP contribution in [-0.4, -0.2) is 6.21 Å². The van der Waals surface area contributed by atoms with Crippen molar-refractivity contribution in [3.05, 3.63) is 70.8 Å². The number of nitriles is 2.